The average molecular weight is 282 g/mol. The molecular weight excluding hydrogens is 260 g/mol. The molecule has 110 valence electrons. The van der Waals surface area contributed by atoms with Crippen molar-refractivity contribution in [3.63, 3.8) is 0 Å². The molecule has 0 atom stereocenters. The van der Waals surface area contributed by atoms with E-state index in [0.29, 0.717) is 17.9 Å². The molecule has 0 fully saturated rings. The SMILES string of the molecule is CCN(CC)c1c(N)cc(C#N)n1Cc1ccccc1C. The van der Waals surface area contributed by atoms with Crippen molar-refractivity contribution in [3.8, 4) is 6.07 Å². The zero-order chi connectivity index (χ0) is 15.4. The van der Waals surface area contributed by atoms with Crippen LogP contribution in [0.2, 0.25) is 0 Å². The van der Waals surface area contributed by atoms with Gasteiger partial charge in [0.25, 0.3) is 0 Å². The molecule has 0 saturated carbocycles. The van der Waals surface area contributed by atoms with E-state index in [1.165, 1.54) is 11.1 Å². The number of nitrogens with zero attached hydrogens (tertiary/aromatic N) is 3. The van der Waals surface area contributed by atoms with Gasteiger partial charge in [-0.1, -0.05) is 24.3 Å². The third-order valence-corrected chi connectivity index (χ3v) is 3.86. The highest BCUT2D eigenvalue weighted by atomic mass is 15.2. The molecule has 0 aliphatic rings. The number of nitriles is 1. The lowest BCUT2D eigenvalue weighted by Gasteiger charge is -2.24. The number of hydrogen-bond donors (Lipinski definition) is 1. The van der Waals surface area contributed by atoms with Crippen molar-refractivity contribution in [1.82, 2.24) is 4.57 Å². The van der Waals surface area contributed by atoms with Gasteiger partial charge < -0.3 is 15.2 Å². The van der Waals surface area contributed by atoms with E-state index in [1.54, 1.807) is 6.07 Å². The molecule has 0 spiro atoms. The fourth-order valence-electron chi connectivity index (χ4n) is 2.65. The number of nitrogen functional groups attached to an aromatic ring is 1. The molecular formula is C17H22N4. The van der Waals surface area contributed by atoms with Crippen LogP contribution in [0.1, 0.15) is 30.7 Å². The van der Waals surface area contributed by atoms with Crippen LogP contribution in [0, 0.1) is 18.3 Å². The molecule has 2 aromatic rings. The monoisotopic (exact) mass is 282 g/mol. The molecule has 1 heterocycles. The van der Waals surface area contributed by atoms with E-state index < -0.39 is 0 Å². The summed E-state index contributed by atoms with van der Waals surface area (Å²) in [6.07, 6.45) is 0. The van der Waals surface area contributed by atoms with Crippen LogP contribution in [0.5, 0.6) is 0 Å². The molecule has 4 heteroatoms. The topological polar surface area (TPSA) is 58.0 Å². The Bertz CT molecular complexity index is 660. The highest BCUT2D eigenvalue weighted by Gasteiger charge is 2.17. The lowest BCUT2D eigenvalue weighted by Crippen LogP contribution is -2.26. The van der Waals surface area contributed by atoms with Crippen molar-refractivity contribution in [2.45, 2.75) is 27.3 Å². The summed E-state index contributed by atoms with van der Waals surface area (Å²) in [5.41, 5.74) is 9.85. The van der Waals surface area contributed by atoms with Crippen molar-refractivity contribution in [1.29, 1.82) is 5.26 Å². The van der Waals surface area contributed by atoms with Gasteiger partial charge in [0.2, 0.25) is 0 Å². The summed E-state index contributed by atoms with van der Waals surface area (Å²) < 4.78 is 2.02. The van der Waals surface area contributed by atoms with Crippen LogP contribution in [0.15, 0.2) is 30.3 Å². The van der Waals surface area contributed by atoms with Crippen molar-refractivity contribution in [2.24, 2.45) is 0 Å². The van der Waals surface area contributed by atoms with Gasteiger partial charge in [0.1, 0.15) is 17.6 Å². The Morgan fingerprint density at radius 3 is 2.48 bits per heavy atom. The van der Waals surface area contributed by atoms with E-state index in [9.17, 15) is 5.26 Å². The largest absolute Gasteiger partial charge is 0.396 e. The summed E-state index contributed by atoms with van der Waals surface area (Å²) in [6, 6.07) is 12.3. The molecule has 4 nitrogen and oxygen atoms in total. The minimum absolute atomic E-state index is 0.609. The summed E-state index contributed by atoms with van der Waals surface area (Å²) in [5, 5.41) is 9.39. The molecule has 0 aliphatic heterocycles. The maximum absolute atomic E-state index is 9.39. The van der Waals surface area contributed by atoms with Crippen molar-refractivity contribution in [2.75, 3.05) is 23.7 Å². The van der Waals surface area contributed by atoms with E-state index in [-0.39, 0.29) is 0 Å². The molecule has 21 heavy (non-hydrogen) atoms. The standard InChI is InChI=1S/C17H22N4/c1-4-20(5-2)17-16(19)10-15(11-18)21(17)12-14-9-7-6-8-13(14)3/h6-10H,4-5,12,19H2,1-3H3. The minimum atomic E-state index is 0.609. The number of aromatic nitrogens is 1. The minimum Gasteiger partial charge on any atom is -0.396 e. The zero-order valence-electron chi connectivity index (χ0n) is 12.9. The number of aryl methyl sites for hydroxylation is 1. The smallest absolute Gasteiger partial charge is 0.133 e. The first-order chi connectivity index (χ1) is 10.1. The van der Waals surface area contributed by atoms with Gasteiger partial charge in [-0.25, -0.2) is 0 Å². The van der Waals surface area contributed by atoms with Crippen LogP contribution in [0.3, 0.4) is 0 Å². The summed E-state index contributed by atoms with van der Waals surface area (Å²) in [4.78, 5) is 2.19. The fourth-order valence-corrected chi connectivity index (χ4v) is 2.65. The quantitative estimate of drug-likeness (QED) is 0.916. The zero-order valence-corrected chi connectivity index (χ0v) is 12.9. The first-order valence-corrected chi connectivity index (χ1v) is 7.30. The highest BCUT2D eigenvalue weighted by Crippen LogP contribution is 2.29. The van der Waals surface area contributed by atoms with Gasteiger partial charge in [0, 0.05) is 13.1 Å². The van der Waals surface area contributed by atoms with Crippen LogP contribution in [-0.2, 0) is 6.54 Å². The van der Waals surface area contributed by atoms with E-state index in [0.717, 1.165) is 18.9 Å². The first-order valence-electron chi connectivity index (χ1n) is 7.30. The number of benzene rings is 1. The second kappa shape index (κ2) is 6.36. The van der Waals surface area contributed by atoms with Gasteiger partial charge in [-0.2, -0.15) is 5.26 Å². The predicted molar refractivity (Wildman–Crippen MR) is 87.4 cm³/mol. The van der Waals surface area contributed by atoms with Gasteiger partial charge in [-0.05, 0) is 38.0 Å². The molecule has 1 aromatic carbocycles. The van der Waals surface area contributed by atoms with Crippen molar-refractivity contribution < 1.29 is 0 Å². The number of hydrogen-bond acceptors (Lipinski definition) is 3. The van der Waals surface area contributed by atoms with Crippen LogP contribution in [0.25, 0.3) is 0 Å². The predicted octanol–water partition coefficient (Wildman–Crippen LogP) is 3.14. The Kier molecular flexibility index (Phi) is 4.54. The molecule has 0 bridgehead atoms. The van der Waals surface area contributed by atoms with E-state index in [1.807, 2.05) is 16.7 Å². The number of nitrogens with two attached hydrogens (primary N) is 1. The van der Waals surface area contributed by atoms with Gasteiger partial charge in [0.15, 0.2) is 0 Å². The fraction of sp³-hybridized carbons (Fsp3) is 0.353. The number of anilines is 2. The van der Waals surface area contributed by atoms with E-state index in [2.05, 4.69) is 43.9 Å². The molecule has 0 amide bonds. The van der Waals surface area contributed by atoms with Crippen LogP contribution >= 0.6 is 0 Å². The third kappa shape index (κ3) is 2.87. The third-order valence-electron chi connectivity index (χ3n) is 3.86. The summed E-state index contributed by atoms with van der Waals surface area (Å²) in [6.45, 7) is 8.68. The Morgan fingerprint density at radius 2 is 1.90 bits per heavy atom. The van der Waals surface area contributed by atoms with E-state index in [4.69, 9.17) is 5.73 Å². The van der Waals surface area contributed by atoms with Gasteiger partial charge in [-0.3, -0.25) is 0 Å². The van der Waals surface area contributed by atoms with Crippen LogP contribution < -0.4 is 10.6 Å². The maximum atomic E-state index is 9.39. The van der Waals surface area contributed by atoms with Crippen LogP contribution in [-0.4, -0.2) is 17.7 Å². The average Bonchev–Trinajstić information content (AvgIpc) is 2.80. The van der Waals surface area contributed by atoms with Gasteiger partial charge >= 0.3 is 0 Å². The Morgan fingerprint density at radius 1 is 1.24 bits per heavy atom. The molecule has 0 radical (unpaired) electrons. The molecule has 0 unspecified atom stereocenters. The highest BCUT2D eigenvalue weighted by molar-refractivity contribution is 5.68. The lowest BCUT2D eigenvalue weighted by atomic mass is 10.1. The van der Waals surface area contributed by atoms with Crippen molar-refractivity contribution in [3.05, 3.63) is 47.2 Å². The summed E-state index contributed by atoms with van der Waals surface area (Å²) in [7, 11) is 0. The Balaban J connectivity index is 2.51. The second-order valence-electron chi connectivity index (χ2n) is 5.11. The first kappa shape index (κ1) is 15.0. The number of rotatable bonds is 5. The second-order valence-corrected chi connectivity index (χ2v) is 5.11. The molecule has 1 aromatic heterocycles. The normalized spacial score (nSPS) is 10.4. The summed E-state index contributed by atoms with van der Waals surface area (Å²) >= 11 is 0. The summed E-state index contributed by atoms with van der Waals surface area (Å²) in [5.74, 6) is 0.944. The Hall–Kier alpha value is -2.41. The maximum Gasteiger partial charge on any atom is 0.133 e. The van der Waals surface area contributed by atoms with Crippen LogP contribution in [0.4, 0.5) is 11.5 Å². The van der Waals surface area contributed by atoms with Gasteiger partial charge in [0.05, 0.1) is 12.2 Å². The molecule has 0 aliphatic carbocycles. The lowest BCUT2D eigenvalue weighted by molar-refractivity contribution is 0.737. The van der Waals surface area contributed by atoms with Crippen molar-refractivity contribution >= 4 is 11.5 Å². The molecule has 0 saturated heterocycles. The Labute approximate surface area is 126 Å². The van der Waals surface area contributed by atoms with E-state index >= 15 is 0 Å². The molecule has 2 N–H and O–H groups in total. The molecule has 2 rings (SSSR count). The van der Waals surface area contributed by atoms with Gasteiger partial charge in [-0.15, -0.1) is 0 Å².